The SMILES string of the molecule is O=C(COc1ccccc1)NC[C@H]1Cn2c(-c3ccc(Cl)cc3)cnc2CO1. The number of amides is 1. The number of carbonyl (C=O) groups excluding carboxylic acids is 1. The van der Waals surface area contributed by atoms with E-state index in [0.29, 0.717) is 30.5 Å². The normalized spacial score (nSPS) is 15.7. The average molecular weight is 398 g/mol. The van der Waals surface area contributed by atoms with Crippen LogP contribution in [0.2, 0.25) is 5.02 Å². The summed E-state index contributed by atoms with van der Waals surface area (Å²) < 4.78 is 13.4. The molecule has 4 rings (SSSR count). The van der Waals surface area contributed by atoms with Gasteiger partial charge in [0.2, 0.25) is 0 Å². The molecule has 0 unspecified atom stereocenters. The van der Waals surface area contributed by atoms with Crippen LogP contribution >= 0.6 is 11.6 Å². The van der Waals surface area contributed by atoms with Crippen LogP contribution in [0.3, 0.4) is 0 Å². The van der Waals surface area contributed by atoms with Gasteiger partial charge >= 0.3 is 0 Å². The Kier molecular flexibility index (Phi) is 5.60. The van der Waals surface area contributed by atoms with Crippen molar-refractivity contribution in [1.82, 2.24) is 14.9 Å². The van der Waals surface area contributed by atoms with Crippen LogP contribution in [0, 0.1) is 0 Å². The fourth-order valence-corrected chi connectivity index (χ4v) is 3.23. The molecule has 0 fully saturated rings. The van der Waals surface area contributed by atoms with Crippen molar-refractivity contribution in [2.24, 2.45) is 0 Å². The van der Waals surface area contributed by atoms with Crippen molar-refractivity contribution in [2.75, 3.05) is 13.2 Å². The third-order valence-electron chi connectivity index (χ3n) is 4.55. The number of benzene rings is 2. The highest BCUT2D eigenvalue weighted by Gasteiger charge is 2.23. The van der Waals surface area contributed by atoms with Gasteiger partial charge in [-0.15, -0.1) is 0 Å². The molecule has 0 radical (unpaired) electrons. The van der Waals surface area contributed by atoms with E-state index in [0.717, 1.165) is 17.1 Å². The number of hydrogen-bond donors (Lipinski definition) is 1. The molecule has 2 heterocycles. The number of nitrogens with one attached hydrogen (secondary N) is 1. The van der Waals surface area contributed by atoms with Crippen LogP contribution in [0.15, 0.2) is 60.8 Å². The molecular weight excluding hydrogens is 378 g/mol. The van der Waals surface area contributed by atoms with Crippen molar-refractivity contribution < 1.29 is 14.3 Å². The van der Waals surface area contributed by atoms with E-state index in [1.807, 2.05) is 60.8 Å². The Morgan fingerprint density at radius 3 is 2.79 bits per heavy atom. The predicted molar refractivity (Wildman–Crippen MR) is 106 cm³/mol. The summed E-state index contributed by atoms with van der Waals surface area (Å²) in [5.74, 6) is 1.36. The molecule has 144 valence electrons. The maximum absolute atomic E-state index is 12.1. The van der Waals surface area contributed by atoms with Gasteiger partial charge in [-0.1, -0.05) is 41.9 Å². The van der Waals surface area contributed by atoms with Crippen molar-refractivity contribution in [3.8, 4) is 17.0 Å². The molecule has 1 amide bonds. The summed E-state index contributed by atoms with van der Waals surface area (Å²) in [5.41, 5.74) is 2.06. The first-order valence-electron chi connectivity index (χ1n) is 9.05. The highest BCUT2D eigenvalue weighted by molar-refractivity contribution is 6.30. The molecule has 2 aromatic carbocycles. The van der Waals surface area contributed by atoms with Crippen molar-refractivity contribution in [3.05, 3.63) is 71.6 Å². The van der Waals surface area contributed by atoms with Crippen LogP contribution in [0.25, 0.3) is 11.3 Å². The van der Waals surface area contributed by atoms with Gasteiger partial charge in [-0.3, -0.25) is 4.79 Å². The van der Waals surface area contributed by atoms with Gasteiger partial charge < -0.3 is 19.4 Å². The van der Waals surface area contributed by atoms with Crippen molar-refractivity contribution in [3.63, 3.8) is 0 Å². The number of halogens is 1. The Labute approximate surface area is 168 Å². The number of imidazole rings is 1. The van der Waals surface area contributed by atoms with E-state index in [9.17, 15) is 4.79 Å². The van der Waals surface area contributed by atoms with Crippen LogP contribution in [0.1, 0.15) is 5.82 Å². The topological polar surface area (TPSA) is 65.4 Å². The Morgan fingerprint density at radius 1 is 1.21 bits per heavy atom. The standard InChI is InChI=1S/C21H20ClN3O3/c22-16-8-6-15(7-9-16)19-11-23-20-13-27-18(12-25(19)20)10-24-21(26)14-28-17-4-2-1-3-5-17/h1-9,11,18H,10,12-14H2,(H,24,26)/t18-/m0/s1. The van der Waals surface area contributed by atoms with Crippen molar-refractivity contribution in [1.29, 1.82) is 0 Å². The minimum absolute atomic E-state index is 0.0247. The van der Waals surface area contributed by atoms with Gasteiger partial charge in [0.05, 0.1) is 24.5 Å². The zero-order valence-electron chi connectivity index (χ0n) is 15.2. The molecule has 1 aromatic heterocycles. The number of ether oxygens (including phenoxy) is 2. The fraction of sp³-hybridized carbons (Fsp3) is 0.238. The lowest BCUT2D eigenvalue weighted by Crippen LogP contribution is -2.40. The molecular formula is C21H20ClN3O3. The van der Waals surface area contributed by atoms with Crippen LogP contribution in [-0.4, -0.2) is 34.7 Å². The summed E-state index contributed by atoms with van der Waals surface area (Å²) in [6.07, 6.45) is 1.71. The third kappa shape index (κ3) is 4.35. The maximum atomic E-state index is 12.1. The molecule has 28 heavy (non-hydrogen) atoms. The van der Waals surface area contributed by atoms with Crippen LogP contribution in [-0.2, 0) is 22.7 Å². The van der Waals surface area contributed by atoms with E-state index in [1.165, 1.54) is 0 Å². The van der Waals surface area contributed by atoms with E-state index in [2.05, 4.69) is 14.9 Å². The van der Waals surface area contributed by atoms with Gasteiger partial charge in [0.25, 0.3) is 5.91 Å². The highest BCUT2D eigenvalue weighted by atomic mass is 35.5. The van der Waals surface area contributed by atoms with E-state index in [4.69, 9.17) is 21.1 Å². The van der Waals surface area contributed by atoms with Gasteiger partial charge in [-0.25, -0.2) is 4.98 Å². The molecule has 0 saturated carbocycles. The summed E-state index contributed by atoms with van der Waals surface area (Å²) >= 11 is 5.98. The number of aromatic nitrogens is 2. The molecule has 0 bridgehead atoms. The first kappa shape index (κ1) is 18.5. The molecule has 7 heteroatoms. The van der Waals surface area contributed by atoms with Crippen molar-refractivity contribution >= 4 is 17.5 Å². The summed E-state index contributed by atoms with van der Waals surface area (Å²) in [6, 6.07) is 16.9. The van der Waals surface area contributed by atoms with E-state index >= 15 is 0 Å². The molecule has 0 aliphatic carbocycles. The second-order valence-corrected chi connectivity index (χ2v) is 6.95. The number of hydrogen-bond acceptors (Lipinski definition) is 4. The van der Waals surface area contributed by atoms with Crippen LogP contribution in [0.4, 0.5) is 0 Å². The molecule has 3 aromatic rings. The quantitative estimate of drug-likeness (QED) is 0.693. The lowest BCUT2D eigenvalue weighted by Gasteiger charge is -2.26. The lowest BCUT2D eigenvalue weighted by atomic mass is 10.1. The largest absolute Gasteiger partial charge is 0.484 e. The summed E-state index contributed by atoms with van der Waals surface area (Å²) in [5, 5.41) is 3.57. The Bertz CT molecular complexity index is 941. The smallest absolute Gasteiger partial charge is 0.258 e. The second kappa shape index (κ2) is 8.46. The number of rotatable bonds is 6. The highest BCUT2D eigenvalue weighted by Crippen LogP contribution is 2.26. The molecule has 1 N–H and O–H groups in total. The zero-order chi connectivity index (χ0) is 19.3. The van der Waals surface area contributed by atoms with Gasteiger partial charge in [0.15, 0.2) is 6.61 Å². The molecule has 0 spiro atoms. The van der Waals surface area contributed by atoms with Gasteiger partial charge in [-0.05, 0) is 29.8 Å². The predicted octanol–water partition coefficient (Wildman–Crippen LogP) is 3.30. The van der Waals surface area contributed by atoms with Gasteiger partial charge in [0, 0.05) is 11.6 Å². The summed E-state index contributed by atoms with van der Waals surface area (Å²) in [6.45, 7) is 1.42. The molecule has 1 atom stereocenters. The molecule has 1 aliphatic heterocycles. The van der Waals surface area contributed by atoms with E-state index in [1.54, 1.807) is 0 Å². The maximum Gasteiger partial charge on any atom is 0.258 e. The lowest BCUT2D eigenvalue weighted by molar-refractivity contribution is -0.124. The minimum atomic E-state index is -0.179. The van der Waals surface area contributed by atoms with Gasteiger partial charge in [0.1, 0.15) is 18.2 Å². The average Bonchev–Trinajstić information content (AvgIpc) is 3.15. The van der Waals surface area contributed by atoms with Crippen LogP contribution in [0.5, 0.6) is 5.75 Å². The fourth-order valence-electron chi connectivity index (χ4n) is 3.10. The zero-order valence-corrected chi connectivity index (χ0v) is 15.9. The van der Waals surface area contributed by atoms with Crippen molar-refractivity contribution in [2.45, 2.75) is 19.3 Å². The van der Waals surface area contributed by atoms with E-state index in [-0.39, 0.29) is 18.6 Å². The number of nitrogens with zero attached hydrogens (tertiary/aromatic N) is 2. The second-order valence-electron chi connectivity index (χ2n) is 6.52. The minimum Gasteiger partial charge on any atom is -0.484 e. The Morgan fingerprint density at radius 2 is 2.00 bits per heavy atom. The summed E-state index contributed by atoms with van der Waals surface area (Å²) in [4.78, 5) is 16.5. The Hall–Kier alpha value is -2.83. The first-order chi connectivity index (χ1) is 13.7. The molecule has 1 aliphatic rings. The van der Waals surface area contributed by atoms with E-state index < -0.39 is 0 Å². The van der Waals surface area contributed by atoms with Gasteiger partial charge in [-0.2, -0.15) is 0 Å². The summed E-state index contributed by atoms with van der Waals surface area (Å²) in [7, 11) is 0. The number of fused-ring (bicyclic) bond motifs is 1. The number of carbonyl (C=O) groups is 1. The number of para-hydroxylation sites is 1. The van der Waals surface area contributed by atoms with Crippen LogP contribution < -0.4 is 10.1 Å². The monoisotopic (exact) mass is 397 g/mol. The Balaban J connectivity index is 1.33. The molecule has 0 saturated heterocycles. The third-order valence-corrected chi connectivity index (χ3v) is 4.80. The first-order valence-corrected chi connectivity index (χ1v) is 9.43. The molecule has 6 nitrogen and oxygen atoms in total.